The summed E-state index contributed by atoms with van der Waals surface area (Å²) in [5.41, 5.74) is 8.97. The zero-order valence-electron chi connectivity index (χ0n) is 26.5. The SMILES string of the molecule is CC(C)(C)CC(=O)N[C@@H](Cc1ccccc1)[C@@H](O)C[C@]1(Cc2ccccc2)NC=C(C2C[C@H](CC(N)=O)c3ccccc32)C1=O. The molecule has 0 saturated heterocycles. The lowest BCUT2D eigenvalue weighted by molar-refractivity contribution is -0.125. The first-order valence-electron chi connectivity index (χ1n) is 15.9. The van der Waals surface area contributed by atoms with E-state index in [-0.39, 0.29) is 47.7 Å². The molecule has 7 heteroatoms. The Morgan fingerprint density at radius 3 is 2.18 bits per heavy atom. The van der Waals surface area contributed by atoms with E-state index in [9.17, 15) is 19.5 Å². The molecule has 236 valence electrons. The molecule has 0 radical (unpaired) electrons. The number of carbonyl (C=O) groups is 3. The number of amides is 2. The molecule has 5 N–H and O–H groups in total. The number of aliphatic hydroxyl groups is 1. The Morgan fingerprint density at radius 1 is 0.956 bits per heavy atom. The van der Waals surface area contributed by atoms with Crippen LogP contribution in [0.2, 0.25) is 0 Å². The van der Waals surface area contributed by atoms with E-state index in [0.717, 1.165) is 22.3 Å². The normalized spacial score (nSPS) is 22.2. The van der Waals surface area contributed by atoms with Crippen LogP contribution in [0.1, 0.15) is 80.5 Å². The molecule has 0 bridgehead atoms. The van der Waals surface area contributed by atoms with Crippen LogP contribution in [-0.2, 0) is 27.2 Å². The molecule has 1 aliphatic carbocycles. The molecule has 0 spiro atoms. The number of hydrogen-bond donors (Lipinski definition) is 4. The Bertz CT molecular complexity index is 1550. The van der Waals surface area contributed by atoms with Crippen molar-refractivity contribution in [2.75, 3.05) is 0 Å². The number of aliphatic hydroxyl groups excluding tert-OH is 1. The second kappa shape index (κ2) is 13.4. The predicted molar refractivity (Wildman–Crippen MR) is 176 cm³/mol. The van der Waals surface area contributed by atoms with E-state index in [2.05, 4.69) is 10.6 Å². The summed E-state index contributed by atoms with van der Waals surface area (Å²) in [5, 5.41) is 18.5. The lowest BCUT2D eigenvalue weighted by atomic mass is 9.77. The van der Waals surface area contributed by atoms with Gasteiger partial charge in [-0.25, -0.2) is 0 Å². The standard InChI is InChI=1S/C38H45N3O4/c1-37(2,3)23-35(44)41-32(18-25-12-6-4-7-13-25)33(42)22-38(21-26-14-8-5-9-15-26)36(45)31(24-40-38)30-19-27(20-34(39)43)28-16-10-11-17-29(28)30/h4-17,24,27,30,32-33,40,42H,18-23H2,1-3H3,(H2,39,43)(H,41,44)/t27-,30?,32+,33+,38+/m1/s1. The van der Waals surface area contributed by atoms with Gasteiger partial charge in [-0.2, -0.15) is 0 Å². The van der Waals surface area contributed by atoms with Crippen molar-refractivity contribution in [2.24, 2.45) is 11.1 Å². The number of rotatable bonds is 12. The van der Waals surface area contributed by atoms with Crippen LogP contribution in [0.5, 0.6) is 0 Å². The first-order valence-corrected chi connectivity index (χ1v) is 15.9. The van der Waals surface area contributed by atoms with Gasteiger partial charge < -0.3 is 21.5 Å². The molecular weight excluding hydrogens is 562 g/mol. The van der Waals surface area contributed by atoms with Crippen LogP contribution < -0.4 is 16.4 Å². The molecule has 0 saturated carbocycles. The molecule has 5 rings (SSSR count). The van der Waals surface area contributed by atoms with Gasteiger partial charge in [0.25, 0.3) is 0 Å². The van der Waals surface area contributed by atoms with Gasteiger partial charge in [0, 0.05) is 43.4 Å². The average Bonchev–Trinajstić information content (AvgIpc) is 3.49. The summed E-state index contributed by atoms with van der Waals surface area (Å²) < 4.78 is 0. The average molecular weight is 608 g/mol. The van der Waals surface area contributed by atoms with Crippen molar-refractivity contribution in [1.29, 1.82) is 0 Å². The van der Waals surface area contributed by atoms with E-state index in [1.807, 2.05) is 112 Å². The highest BCUT2D eigenvalue weighted by atomic mass is 16.3. The maximum absolute atomic E-state index is 14.7. The molecule has 0 fully saturated rings. The van der Waals surface area contributed by atoms with Gasteiger partial charge in [0.05, 0.1) is 12.1 Å². The highest BCUT2D eigenvalue weighted by Gasteiger charge is 2.49. The Morgan fingerprint density at radius 2 is 1.56 bits per heavy atom. The summed E-state index contributed by atoms with van der Waals surface area (Å²) in [5.74, 6) is -0.802. The minimum Gasteiger partial charge on any atom is -0.391 e. The van der Waals surface area contributed by atoms with Crippen LogP contribution in [0.4, 0.5) is 0 Å². The van der Waals surface area contributed by atoms with Gasteiger partial charge in [0.15, 0.2) is 5.78 Å². The van der Waals surface area contributed by atoms with Crippen LogP contribution in [0.15, 0.2) is 96.7 Å². The number of primary amides is 1. The molecule has 0 aromatic heterocycles. The van der Waals surface area contributed by atoms with Gasteiger partial charge in [-0.15, -0.1) is 0 Å². The third kappa shape index (κ3) is 7.71. The van der Waals surface area contributed by atoms with Crippen LogP contribution in [-0.4, -0.2) is 40.4 Å². The molecule has 1 heterocycles. The largest absolute Gasteiger partial charge is 0.391 e. The smallest absolute Gasteiger partial charge is 0.220 e. The molecule has 2 aliphatic rings. The minimum absolute atomic E-state index is 0.0552. The van der Waals surface area contributed by atoms with Crippen LogP contribution >= 0.6 is 0 Å². The molecule has 5 atom stereocenters. The Kier molecular flexibility index (Phi) is 9.59. The highest BCUT2D eigenvalue weighted by molar-refractivity contribution is 6.06. The second-order valence-corrected chi connectivity index (χ2v) is 14.0. The fraction of sp³-hybridized carbons (Fsp3) is 0.395. The van der Waals surface area contributed by atoms with E-state index in [0.29, 0.717) is 31.3 Å². The fourth-order valence-corrected chi connectivity index (χ4v) is 7.04. The molecule has 2 amide bonds. The Balaban J connectivity index is 1.44. The van der Waals surface area contributed by atoms with E-state index < -0.39 is 17.7 Å². The quantitative estimate of drug-likeness (QED) is 0.229. The van der Waals surface area contributed by atoms with Crippen molar-refractivity contribution >= 4 is 17.6 Å². The van der Waals surface area contributed by atoms with Gasteiger partial charge in [0.1, 0.15) is 5.54 Å². The zero-order valence-corrected chi connectivity index (χ0v) is 26.5. The number of fused-ring (bicyclic) bond motifs is 1. The number of nitrogens with one attached hydrogen (secondary N) is 2. The number of hydrogen-bond acceptors (Lipinski definition) is 5. The fourth-order valence-electron chi connectivity index (χ4n) is 7.04. The minimum atomic E-state index is -1.11. The summed E-state index contributed by atoms with van der Waals surface area (Å²) >= 11 is 0. The van der Waals surface area contributed by atoms with Crippen LogP contribution in [0.3, 0.4) is 0 Å². The summed E-state index contributed by atoms with van der Waals surface area (Å²) in [4.78, 5) is 39.7. The molecule has 1 unspecified atom stereocenters. The Hall–Kier alpha value is -4.23. The van der Waals surface area contributed by atoms with E-state index >= 15 is 0 Å². The summed E-state index contributed by atoms with van der Waals surface area (Å²) in [6.45, 7) is 6.02. The topological polar surface area (TPSA) is 122 Å². The lowest BCUT2D eigenvalue weighted by Crippen LogP contribution is -2.55. The monoisotopic (exact) mass is 607 g/mol. The number of Topliss-reactive ketones (excluding diaryl/α,β-unsaturated/α-hetero) is 1. The molecule has 45 heavy (non-hydrogen) atoms. The van der Waals surface area contributed by atoms with E-state index in [1.54, 1.807) is 0 Å². The van der Waals surface area contributed by atoms with Gasteiger partial charge in [-0.05, 0) is 46.4 Å². The number of carbonyl (C=O) groups excluding carboxylic acids is 3. The van der Waals surface area contributed by atoms with Crippen molar-refractivity contribution in [1.82, 2.24) is 10.6 Å². The van der Waals surface area contributed by atoms with Gasteiger partial charge >= 0.3 is 0 Å². The molecule has 3 aromatic rings. The maximum atomic E-state index is 14.7. The van der Waals surface area contributed by atoms with E-state index in [4.69, 9.17) is 5.73 Å². The van der Waals surface area contributed by atoms with Crippen molar-refractivity contribution in [3.8, 4) is 0 Å². The van der Waals surface area contributed by atoms with Crippen molar-refractivity contribution in [2.45, 2.75) is 88.8 Å². The Labute approximate surface area is 266 Å². The van der Waals surface area contributed by atoms with Gasteiger partial charge in [0.2, 0.25) is 11.8 Å². The first-order chi connectivity index (χ1) is 21.4. The van der Waals surface area contributed by atoms with E-state index in [1.165, 1.54) is 0 Å². The summed E-state index contributed by atoms with van der Waals surface area (Å²) in [6, 6.07) is 26.9. The highest BCUT2D eigenvalue weighted by Crippen LogP contribution is 2.49. The third-order valence-corrected chi connectivity index (χ3v) is 9.06. The predicted octanol–water partition coefficient (Wildman–Crippen LogP) is 5.09. The van der Waals surface area contributed by atoms with Crippen LogP contribution in [0.25, 0.3) is 0 Å². The maximum Gasteiger partial charge on any atom is 0.220 e. The van der Waals surface area contributed by atoms with Crippen molar-refractivity contribution in [3.63, 3.8) is 0 Å². The van der Waals surface area contributed by atoms with Gasteiger partial charge in [-0.3, -0.25) is 14.4 Å². The third-order valence-electron chi connectivity index (χ3n) is 9.06. The van der Waals surface area contributed by atoms with Gasteiger partial charge in [-0.1, -0.05) is 106 Å². The lowest BCUT2D eigenvalue weighted by Gasteiger charge is -2.35. The number of benzene rings is 3. The number of nitrogens with two attached hydrogens (primary N) is 1. The summed E-state index contributed by atoms with van der Waals surface area (Å²) in [7, 11) is 0. The second-order valence-electron chi connectivity index (χ2n) is 14.0. The molecule has 3 aromatic carbocycles. The number of ketones is 1. The van der Waals surface area contributed by atoms with Crippen molar-refractivity contribution in [3.05, 3.63) is 119 Å². The van der Waals surface area contributed by atoms with Crippen molar-refractivity contribution < 1.29 is 19.5 Å². The first kappa shape index (κ1) is 32.2. The van der Waals surface area contributed by atoms with Crippen LogP contribution in [0, 0.1) is 5.41 Å². The molecule has 1 aliphatic heterocycles. The molecular formula is C38H45N3O4. The zero-order chi connectivity index (χ0) is 32.2. The summed E-state index contributed by atoms with van der Waals surface area (Å²) in [6.07, 6.45) is 2.87. The molecule has 7 nitrogen and oxygen atoms in total.